The predicted octanol–water partition coefficient (Wildman–Crippen LogP) is 3.47. The minimum Gasteiger partial charge on any atom is -0.285 e. The molecule has 5 heteroatoms. The third-order valence-electron chi connectivity index (χ3n) is 4.32. The van der Waals surface area contributed by atoms with Crippen LogP contribution in [0.25, 0.3) is 0 Å². The zero-order valence-corrected chi connectivity index (χ0v) is 14.5. The Hall–Kier alpha value is -2.79. The molecule has 0 amide bonds. The van der Waals surface area contributed by atoms with Crippen molar-refractivity contribution in [1.29, 1.82) is 0 Å². The van der Waals surface area contributed by atoms with Gasteiger partial charge in [0.15, 0.2) is 5.82 Å². The van der Waals surface area contributed by atoms with Gasteiger partial charge in [-0.15, -0.1) is 11.7 Å². The molecule has 0 aliphatic rings. The number of hydrogen-bond donors (Lipinski definition) is 0. The van der Waals surface area contributed by atoms with Crippen LogP contribution in [0.5, 0.6) is 0 Å². The van der Waals surface area contributed by atoms with Crippen LogP contribution >= 0.6 is 0 Å². The second-order valence-corrected chi connectivity index (χ2v) is 6.04. The van der Waals surface area contributed by atoms with Crippen LogP contribution in [0.1, 0.15) is 29.9 Å². The first-order chi connectivity index (χ1) is 12.3. The van der Waals surface area contributed by atoms with Gasteiger partial charge in [-0.25, -0.2) is 4.68 Å². The second-order valence-electron chi connectivity index (χ2n) is 6.04. The van der Waals surface area contributed by atoms with Crippen LogP contribution in [0.4, 0.5) is 0 Å². The molecule has 25 heavy (non-hydrogen) atoms. The molecular weight excluding hydrogens is 310 g/mol. The van der Waals surface area contributed by atoms with E-state index in [1.54, 1.807) is 0 Å². The van der Waals surface area contributed by atoms with Gasteiger partial charge >= 0.3 is 0 Å². The van der Waals surface area contributed by atoms with Gasteiger partial charge < -0.3 is 0 Å². The molecule has 0 saturated carbocycles. The Morgan fingerprint density at radius 2 is 1.76 bits per heavy atom. The maximum absolute atomic E-state index is 4.24. The summed E-state index contributed by atoms with van der Waals surface area (Å²) in [6, 6.07) is 20.9. The fraction of sp³-hybridized carbons (Fsp3) is 0.250. The number of benzene rings is 2. The summed E-state index contributed by atoms with van der Waals surface area (Å²) < 4.78 is 1.86. The summed E-state index contributed by atoms with van der Waals surface area (Å²) in [5, 5.41) is 12.3. The van der Waals surface area contributed by atoms with Crippen molar-refractivity contribution in [2.75, 3.05) is 6.54 Å². The lowest BCUT2D eigenvalue weighted by molar-refractivity contribution is 0.216. The molecule has 2 aromatic carbocycles. The van der Waals surface area contributed by atoms with E-state index in [1.807, 2.05) is 35.0 Å². The maximum atomic E-state index is 4.24. The molecule has 0 aliphatic carbocycles. The smallest absolute Gasteiger partial charge is 0.165 e. The number of tetrazole rings is 1. The highest BCUT2D eigenvalue weighted by Crippen LogP contribution is 2.21. The molecular formula is C20H23N5. The first kappa shape index (κ1) is 17.0. The summed E-state index contributed by atoms with van der Waals surface area (Å²) in [6.07, 6.45) is 1.92. The average molecular weight is 333 g/mol. The summed E-state index contributed by atoms with van der Waals surface area (Å²) >= 11 is 0. The predicted molar refractivity (Wildman–Crippen MR) is 98.8 cm³/mol. The molecule has 1 heterocycles. The quantitative estimate of drug-likeness (QED) is 0.592. The lowest BCUT2D eigenvalue weighted by atomic mass is 10.1. The zero-order valence-electron chi connectivity index (χ0n) is 14.5. The summed E-state index contributed by atoms with van der Waals surface area (Å²) in [7, 11) is 0. The first-order valence-electron chi connectivity index (χ1n) is 8.47. The third kappa shape index (κ3) is 4.39. The Balaban J connectivity index is 1.77. The summed E-state index contributed by atoms with van der Waals surface area (Å²) in [6.45, 7) is 8.21. The van der Waals surface area contributed by atoms with E-state index in [0.717, 1.165) is 12.4 Å². The largest absolute Gasteiger partial charge is 0.285 e. The molecule has 3 rings (SSSR count). The molecule has 0 fully saturated rings. The van der Waals surface area contributed by atoms with Crippen LogP contribution in [0.15, 0.2) is 73.3 Å². The number of hydrogen-bond acceptors (Lipinski definition) is 4. The fourth-order valence-corrected chi connectivity index (χ4v) is 2.87. The van der Waals surface area contributed by atoms with Crippen molar-refractivity contribution in [3.05, 3.63) is 90.3 Å². The average Bonchev–Trinajstić information content (AvgIpc) is 3.09. The normalized spacial score (nSPS) is 12.2. The van der Waals surface area contributed by atoms with E-state index in [1.165, 1.54) is 11.1 Å². The molecule has 0 aliphatic heterocycles. The standard InChI is InChI=1S/C20H23N5/c1-3-14-24(17(2)19-12-8-5-9-13-19)16-20-21-22-23-25(20)15-18-10-6-4-7-11-18/h3-13,17H,1,14-16H2,2H3/t17-/m1/s1. The van der Waals surface area contributed by atoms with Crippen LogP contribution in [0.3, 0.4) is 0 Å². The lowest BCUT2D eigenvalue weighted by Crippen LogP contribution is -2.28. The Labute approximate surface area is 148 Å². The van der Waals surface area contributed by atoms with E-state index in [0.29, 0.717) is 13.1 Å². The van der Waals surface area contributed by atoms with Crippen molar-refractivity contribution in [3.63, 3.8) is 0 Å². The van der Waals surface area contributed by atoms with Crippen LogP contribution in [-0.2, 0) is 13.1 Å². The SMILES string of the molecule is C=CCN(Cc1nnnn1Cc1ccccc1)[C@H](C)c1ccccc1. The highest BCUT2D eigenvalue weighted by atomic mass is 15.5. The van der Waals surface area contributed by atoms with Crippen LogP contribution < -0.4 is 0 Å². The van der Waals surface area contributed by atoms with Crippen LogP contribution in [0, 0.1) is 0 Å². The highest BCUT2D eigenvalue weighted by molar-refractivity contribution is 5.19. The van der Waals surface area contributed by atoms with E-state index < -0.39 is 0 Å². The van der Waals surface area contributed by atoms with E-state index in [-0.39, 0.29) is 6.04 Å². The Kier molecular flexibility index (Phi) is 5.69. The number of aromatic nitrogens is 4. The van der Waals surface area contributed by atoms with Gasteiger partial charge in [-0.05, 0) is 28.5 Å². The van der Waals surface area contributed by atoms with Crippen molar-refractivity contribution in [1.82, 2.24) is 25.1 Å². The van der Waals surface area contributed by atoms with Gasteiger partial charge in [0, 0.05) is 12.6 Å². The van der Waals surface area contributed by atoms with Gasteiger partial charge in [-0.3, -0.25) is 4.90 Å². The monoisotopic (exact) mass is 333 g/mol. The number of rotatable bonds is 8. The molecule has 0 radical (unpaired) electrons. The van der Waals surface area contributed by atoms with Gasteiger partial charge in [0.05, 0.1) is 13.1 Å². The Morgan fingerprint density at radius 3 is 2.44 bits per heavy atom. The maximum Gasteiger partial charge on any atom is 0.165 e. The third-order valence-corrected chi connectivity index (χ3v) is 4.32. The molecule has 0 N–H and O–H groups in total. The second kappa shape index (κ2) is 8.35. The van der Waals surface area contributed by atoms with Gasteiger partial charge in [0.1, 0.15) is 0 Å². The fourth-order valence-electron chi connectivity index (χ4n) is 2.87. The molecule has 0 unspecified atom stereocenters. The zero-order chi connectivity index (χ0) is 17.5. The molecule has 1 atom stereocenters. The van der Waals surface area contributed by atoms with Crippen LogP contribution in [0.2, 0.25) is 0 Å². The van der Waals surface area contributed by atoms with Crippen molar-refractivity contribution in [2.45, 2.75) is 26.1 Å². The van der Waals surface area contributed by atoms with Crippen molar-refractivity contribution < 1.29 is 0 Å². The Morgan fingerprint density at radius 1 is 1.08 bits per heavy atom. The molecule has 1 aromatic heterocycles. The van der Waals surface area contributed by atoms with Gasteiger partial charge in [-0.2, -0.15) is 0 Å². The van der Waals surface area contributed by atoms with Gasteiger partial charge in [0.25, 0.3) is 0 Å². The van der Waals surface area contributed by atoms with E-state index in [4.69, 9.17) is 0 Å². The van der Waals surface area contributed by atoms with Crippen LogP contribution in [-0.4, -0.2) is 31.7 Å². The van der Waals surface area contributed by atoms with Crippen molar-refractivity contribution >= 4 is 0 Å². The molecule has 0 saturated heterocycles. The summed E-state index contributed by atoms with van der Waals surface area (Å²) in [5.74, 6) is 0.855. The summed E-state index contributed by atoms with van der Waals surface area (Å²) in [5.41, 5.74) is 2.45. The topological polar surface area (TPSA) is 46.8 Å². The molecule has 3 aromatic rings. The minimum atomic E-state index is 0.251. The molecule has 0 spiro atoms. The van der Waals surface area contributed by atoms with E-state index in [2.05, 4.69) is 70.3 Å². The van der Waals surface area contributed by atoms with Crippen molar-refractivity contribution in [2.24, 2.45) is 0 Å². The molecule has 0 bridgehead atoms. The molecule has 128 valence electrons. The van der Waals surface area contributed by atoms with Crippen molar-refractivity contribution in [3.8, 4) is 0 Å². The molecule has 5 nitrogen and oxygen atoms in total. The number of nitrogens with zero attached hydrogens (tertiary/aromatic N) is 5. The van der Waals surface area contributed by atoms with Gasteiger partial charge in [0.2, 0.25) is 0 Å². The van der Waals surface area contributed by atoms with E-state index in [9.17, 15) is 0 Å². The van der Waals surface area contributed by atoms with Gasteiger partial charge in [-0.1, -0.05) is 66.7 Å². The Bertz CT molecular complexity index is 782. The lowest BCUT2D eigenvalue weighted by Gasteiger charge is -2.27. The van der Waals surface area contributed by atoms with E-state index >= 15 is 0 Å². The highest BCUT2D eigenvalue weighted by Gasteiger charge is 2.18. The minimum absolute atomic E-state index is 0.251. The summed E-state index contributed by atoms with van der Waals surface area (Å²) in [4.78, 5) is 2.32. The first-order valence-corrected chi connectivity index (χ1v) is 8.47.